The minimum Gasteiger partial charge on any atom is -0.325 e. The Balaban J connectivity index is 1.53. The lowest BCUT2D eigenvalue weighted by atomic mass is 10.2. The first kappa shape index (κ1) is 20.0. The van der Waals surface area contributed by atoms with E-state index in [9.17, 15) is 13.2 Å². The molecule has 3 aromatic carbocycles. The molecule has 0 radical (unpaired) electrons. The van der Waals surface area contributed by atoms with E-state index in [-0.39, 0.29) is 10.8 Å². The van der Waals surface area contributed by atoms with E-state index in [0.29, 0.717) is 17.1 Å². The van der Waals surface area contributed by atoms with Crippen LogP contribution in [0.2, 0.25) is 0 Å². The van der Waals surface area contributed by atoms with Crippen molar-refractivity contribution in [3.8, 4) is 0 Å². The van der Waals surface area contributed by atoms with Crippen molar-refractivity contribution in [2.75, 3.05) is 15.8 Å². The van der Waals surface area contributed by atoms with E-state index in [1.807, 2.05) is 36.4 Å². The highest BCUT2D eigenvalue weighted by Crippen LogP contribution is 2.18. The summed E-state index contributed by atoms with van der Waals surface area (Å²) in [5.74, 6) is 0.958. The van der Waals surface area contributed by atoms with Crippen molar-refractivity contribution < 1.29 is 13.2 Å². The maximum absolute atomic E-state index is 12.4. The first-order valence-corrected chi connectivity index (χ1v) is 11.3. The highest BCUT2D eigenvalue weighted by Gasteiger charge is 2.14. The highest BCUT2D eigenvalue weighted by atomic mass is 32.2. The first-order valence-electron chi connectivity index (χ1n) is 8.62. The molecule has 3 rings (SSSR count). The van der Waals surface area contributed by atoms with Gasteiger partial charge in [-0.3, -0.25) is 9.52 Å². The van der Waals surface area contributed by atoms with E-state index in [1.165, 1.54) is 29.5 Å². The number of carbonyl (C=O) groups is 1. The summed E-state index contributed by atoms with van der Waals surface area (Å²) in [5.41, 5.74) is 2.22. The van der Waals surface area contributed by atoms with Gasteiger partial charge in [0, 0.05) is 17.1 Å². The van der Waals surface area contributed by atoms with Gasteiger partial charge in [-0.1, -0.05) is 48.5 Å². The smallest absolute Gasteiger partial charge is 0.261 e. The van der Waals surface area contributed by atoms with Crippen LogP contribution in [-0.2, 0) is 20.6 Å². The average molecular weight is 413 g/mol. The third-order valence-electron chi connectivity index (χ3n) is 3.82. The maximum atomic E-state index is 12.4. The topological polar surface area (TPSA) is 75.3 Å². The molecule has 0 saturated carbocycles. The molecule has 0 aromatic heterocycles. The monoisotopic (exact) mass is 412 g/mol. The summed E-state index contributed by atoms with van der Waals surface area (Å²) < 4.78 is 27.3. The van der Waals surface area contributed by atoms with E-state index in [1.54, 1.807) is 36.4 Å². The van der Waals surface area contributed by atoms with Gasteiger partial charge < -0.3 is 5.32 Å². The molecule has 2 N–H and O–H groups in total. The number of sulfonamides is 1. The number of amides is 1. The second-order valence-electron chi connectivity index (χ2n) is 6.02. The Morgan fingerprint density at radius 3 is 2.04 bits per heavy atom. The lowest BCUT2D eigenvalue weighted by Crippen LogP contribution is -2.15. The number of carbonyl (C=O) groups excluding carboxylic acids is 1. The standard InChI is InChI=1S/C21H20N2O3S2/c24-21(16-27-15-17-7-3-1-4-8-17)22-18-11-13-20(14-12-18)28(25,26)23-19-9-5-2-6-10-19/h1-14,23H,15-16H2,(H,22,24). The molecule has 5 nitrogen and oxygen atoms in total. The second-order valence-corrected chi connectivity index (χ2v) is 8.69. The zero-order valence-electron chi connectivity index (χ0n) is 15.0. The molecule has 0 saturated heterocycles. The van der Waals surface area contributed by atoms with Crippen molar-refractivity contribution in [2.24, 2.45) is 0 Å². The number of hydrogen-bond acceptors (Lipinski definition) is 4. The van der Waals surface area contributed by atoms with Crippen LogP contribution < -0.4 is 10.0 Å². The summed E-state index contributed by atoms with van der Waals surface area (Å²) in [6, 6.07) is 24.7. The molecule has 1 amide bonds. The van der Waals surface area contributed by atoms with Crippen LogP contribution in [0.5, 0.6) is 0 Å². The number of para-hydroxylation sites is 1. The molecule has 0 unspecified atom stereocenters. The number of nitrogens with one attached hydrogen (secondary N) is 2. The summed E-state index contributed by atoms with van der Waals surface area (Å²) in [4.78, 5) is 12.2. The molecule has 0 heterocycles. The van der Waals surface area contributed by atoms with Crippen LogP contribution in [-0.4, -0.2) is 20.1 Å². The molecular formula is C21H20N2O3S2. The lowest BCUT2D eigenvalue weighted by molar-refractivity contribution is -0.113. The van der Waals surface area contributed by atoms with Crippen LogP contribution >= 0.6 is 11.8 Å². The third-order valence-corrected chi connectivity index (χ3v) is 6.22. The van der Waals surface area contributed by atoms with Crippen molar-refractivity contribution in [3.05, 3.63) is 90.5 Å². The number of rotatable bonds is 8. The van der Waals surface area contributed by atoms with Gasteiger partial charge in [-0.05, 0) is 42.0 Å². The molecule has 0 aliphatic rings. The lowest BCUT2D eigenvalue weighted by Gasteiger charge is -2.09. The summed E-state index contributed by atoms with van der Waals surface area (Å²) in [7, 11) is -3.67. The van der Waals surface area contributed by atoms with Crippen molar-refractivity contribution in [1.29, 1.82) is 0 Å². The molecular weight excluding hydrogens is 392 g/mol. The van der Waals surface area contributed by atoms with Gasteiger partial charge in [-0.25, -0.2) is 8.42 Å². The predicted octanol–water partition coefficient (Wildman–Crippen LogP) is 4.36. The van der Waals surface area contributed by atoms with Gasteiger partial charge in [-0.2, -0.15) is 0 Å². The Labute approximate surface area is 169 Å². The number of benzene rings is 3. The molecule has 144 valence electrons. The van der Waals surface area contributed by atoms with Crippen LogP contribution in [0, 0.1) is 0 Å². The molecule has 3 aromatic rings. The quantitative estimate of drug-likeness (QED) is 0.576. The average Bonchev–Trinajstić information content (AvgIpc) is 2.70. The Bertz CT molecular complexity index is 1010. The van der Waals surface area contributed by atoms with Gasteiger partial charge in [0.25, 0.3) is 10.0 Å². The summed E-state index contributed by atoms with van der Waals surface area (Å²) in [6.07, 6.45) is 0. The van der Waals surface area contributed by atoms with E-state index >= 15 is 0 Å². The van der Waals surface area contributed by atoms with Crippen molar-refractivity contribution in [3.63, 3.8) is 0 Å². The Kier molecular flexibility index (Phi) is 6.73. The van der Waals surface area contributed by atoms with Crippen LogP contribution in [0.4, 0.5) is 11.4 Å². The molecule has 0 bridgehead atoms. The third kappa shape index (κ3) is 5.87. The van der Waals surface area contributed by atoms with Crippen LogP contribution in [0.25, 0.3) is 0 Å². The fraction of sp³-hybridized carbons (Fsp3) is 0.0952. The zero-order valence-corrected chi connectivity index (χ0v) is 16.7. The zero-order chi connectivity index (χ0) is 19.8. The Morgan fingerprint density at radius 2 is 1.39 bits per heavy atom. The number of thioether (sulfide) groups is 1. The van der Waals surface area contributed by atoms with Crippen LogP contribution in [0.3, 0.4) is 0 Å². The van der Waals surface area contributed by atoms with Crippen LogP contribution in [0.15, 0.2) is 89.8 Å². The largest absolute Gasteiger partial charge is 0.325 e. The van der Waals surface area contributed by atoms with Gasteiger partial charge in [-0.15, -0.1) is 11.8 Å². The van der Waals surface area contributed by atoms with E-state index in [0.717, 1.165) is 5.75 Å². The minimum absolute atomic E-state index is 0.126. The molecule has 28 heavy (non-hydrogen) atoms. The summed E-state index contributed by atoms with van der Waals surface area (Å²) in [5, 5.41) is 2.78. The predicted molar refractivity (Wildman–Crippen MR) is 115 cm³/mol. The summed E-state index contributed by atoms with van der Waals surface area (Å²) in [6.45, 7) is 0. The first-order chi connectivity index (χ1) is 13.5. The van der Waals surface area contributed by atoms with Gasteiger partial charge in [0.2, 0.25) is 5.91 Å². The van der Waals surface area contributed by atoms with E-state index in [2.05, 4.69) is 10.0 Å². The van der Waals surface area contributed by atoms with Gasteiger partial charge in [0.15, 0.2) is 0 Å². The number of hydrogen-bond donors (Lipinski definition) is 2. The van der Waals surface area contributed by atoms with Crippen molar-refractivity contribution in [1.82, 2.24) is 0 Å². The molecule has 0 aliphatic carbocycles. The Morgan fingerprint density at radius 1 is 0.786 bits per heavy atom. The van der Waals surface area contributed by atoms with E-state index in [4.69, 9.17) is 0 Å². The highest BCUT2D eigenvalue weighted by molar-refractivity contribution is 7.99. The van der Waals surface area contributed by atoms with E-state index < -0.39 is 10.0 Å². The van der Waals surface area contributed by atoms with Gasteiger partial charge in [0.1, 0.15) is 0 Å². The fourth-order valence-electron chi connectivity index (χ4n) is 2.47. The fourth-order valence-corrected chi connectivity index (χ4v) is 4.32. The molecule has 0 fully saturated rings. The normalized spacial score (nSPS) is 11.0. The van der Waals surface area contributed by atoms with Gasteiger partial charge >= 0.3 is 0 Å². The van der Waals surface area contributed by atoms with Crippen molar-refractivity contribution >= 4 is 39.1 Å². The van der Waals surface area contributed by atoms with Crippen LogP contribution in [0.1, 0.15) is 5.56 Å². The molecule has 0 spiro atoms. The Hall–Kier alpha value is -2.77. The SMILES string of the molecule is O=C(CSCc1ccccc1)Nc1ccc(S(=O)(=O)Nc2ccccc2)cc1. The molecule has 0 aliphatic heterocycles. The number of anilines is 2. The summed E-state index contributed by atoms with van der Waals surface area (Å²) >= 11 is 1.52. The maximum Gasteiger partial charge on any atom is 0.261 e. The minimum atomic E-state index is -3.67. The molecule has 0 atom stereocenters. The van der Waals surface area contributed by atoms with Gasteiger partial charge in [0.05, 0.1) is 10.6 Å². The molecule has 7 heteroatoms. The van der Waals surface area contributed by atoms with Crippen molar-refractivity contribution in [2.45, 2.75) is 10.6 Å². The second kappa shape index (κ2) is 9.43.